The molecule has 1 aromatic carbocycles. The number of benzene rings is 1. The minimum absolute atomic E-state index is 0.645. The van der Waals surface area contributed by atoms with E-state index < -0.39 is 0 Å². The lowest BCUT2D eigenvalue weighted by Crippen LogP contribution is -2.33. The van der Waals surface area contributed by atoms with E-state index in [9.17, 15) is 0 Å². The fourth-order valence-electron chi connectivity index (χ4n) is 2.48. The molecule has 1 aliphatic heterocycles. The van der Waals surface area contributed by atoms with Crippen molar-refractivity contribution >= 4 is 0 Å². The summed E-state index contributed by atoms with van der Waals surface area (Å²) in [6, 6.07) is 11.3. The number of rotatable bonds is 6. The van der Waals surface area contributed by atoms with Crippen LogP contribution in [0.2, 0.25) is 0 Å². The van der Waals surface area contributed by atoms with Crippen molar-refractivity contribution in [2.75, 3.05) is 19.6 Å². The van der Waals surface area contributed by atoms with Crippen LogP contribution in [0, 0.1) is 12.3 Å². The van der Waals surface area contributed by atoms with Crippen LogP contribution in [0.15, 0.2) is 30.3 Å². The minimum Gasteiger partial charge on any atom is -0.313 e. The van der Waals surface area contributed by atoms with Gasteiger partial charge in [0.1, 0.15) is 0 Å². The van der Waals surface area contributed by atoms with Gasteiger partial charge in [0.05, 0.1) is 0 Å². The molecule has 1 N–H and O–H groups in total. The quantitative estimate of drug-likeness (QED) is 0.608. The molecule has 2 nitrogen and oxygen atoms in total. The van der Waals surface area contributed by atoms with E-state index in [0.717, 1.165) is 32.5 Å². The predicted octanol–water partition coefficient (Wildman–Crippen LogP) is 2.26. The Bertz CT molecular complexity index is 380. The van der Waals surface area contributed by atoms with E-state index in [1.54, 1.807) is 0 Å². The fourth-order valence-corrected chi connectivity index (χ4v) is 2.48. The molecule has 0 saturated carbocycles. The fraction of sp³-hybridized carbons (Fsp3) is 0.500. The minimum atomic E-state index is 0.645. The second kappa shape index (κ2) is 7.20. The second-order valence-corrected chi connectivity index (χ2v) is 4.97. The van der Waals surface area contributed by atoms with Crippen molar-refractivity contribution in [2.24, 2.45) is 0 Å². The molecular formula is C16H22N2. The number of nitrogens with one attached hydrogen (secondary N) is 1. The first kappa shape index (κ1) is 13.1. The van der Waals surface area contributed by atoms with Crippen LogP contribution in [0.1, 0.15) is 24.8 Å². The predicted molar refractivity (Wildman–Crippen MR) is 76.2 cm³/mol. The van der Waals surface area contributed by atoms with Gasteiger partial charge in [-0.05, 0) is 24.9 Å². The molecule has 1 atom stereocenters. The van der Waals surface area contributed by atoms with Crippen molar-refractivity contribution in [2.45, 2.75) is 31.8 Å². The zero-order valence-corrected chi connectivity index (χ0v) is 10.9. The molecule has 0 spiro atoms. The van der Waals surface area contributed by atoms with Gasteiger partial charge in [0, 0.05) is 32.1 Å². The van der Waals surface area contributed by atoms with Crippen molar-refractivity contribution < 1.29 is 0 Å². The molecule has 1 fully saturated rings. The molecule has 0 amide bonds. The van der Waals surface area contributed by atoms with Crippen LogP contribution in [0.25, 0.3) is 0 Å². The first-order chi connectivity index (χ1) is 8.88. The summed E-state index contributed by atoms with van der Waals surface area (Å²) < 4.78 is 0. The van der Waals surface area contributed by atoms with Crippen molar-refractivity contribution in [3.63, 3.8) is 0 Å². The summed E-state index contributed by atoms with van der Waals surface area (Å²) in [6.07, 6.45) is 8.47. The molecule has 18 heavy (non-hydrogen) atoms. The third-order valence-corrected chi connectivity index (χ3v) is 3.45. The lowest BCUT2D eigenvalue weighted by Gasteiger charge is -2.16. The smallest absolute Gasteiger partial charge is 0.0234 e. The van der Waals surface area contributed by atoms with Gasteiger partial charge in [-0.2, -0.15) is 0 Å². The first-order valence-corrected chi connectivity index (χ1v) is 6.81. The molecule has 1 aromatic rings. The largest absolute Gasteiger partial charge is 0.313 e. The summed E-state index contributed by atoms with van der Waals surface area (Å²) in [4.78, 5) is 2.52. The Hall–Kier alpha value is -1.30. The molecule has 0 radical (unpaired) electrons. The maximum atomic E-state index is 5.24. The molecular weight excluding hydrogens is 220 g/mol. The van der Waals surface area contributed by atoms with Gasteiger partial charge < -0.3 is 5.32 Å². The maximum Gasteiger partial charge on any atom is 0.0234 e. The highest BCUT2D eigenvalue weighted by molar-refractivity contribution is 5.14. The third kappa shape index (κ3) is 4.18. The molecule has 0 aliphatic carbocycles. The van der Waals surface area contributed by atoms with E-state index in [4.69, 9.17) is 6.42 Å². The first-order valence-electron chi connectivity index (χ1n) is 6.81. The Morgan fingerprint density at radius 3 is 2.94 bits per heavy atom. The molecule has 0 bridgehead atoms. The Morgan fingerprint density at radius 1 is 1.33 bits per heavy atom. The Morgan fingerprint density at radius 2 is 2.17 bits per heavy atom. The van der Waals surface area contributed by atoms with Gasteiger partial charge in [0.15, 0.2) is 0 Å². The monoisotopic (exact) mass is 242 g/mol. The summed E-state index contributed by atoms with van der Waals surface area (Å²) in [5.74, 6) is 2.68. The molecule has 2 heteroatoms. The van der Waals surface area contributed by atoms with Crippen LogP contribution in [0.4, 0.5) is 0 Å². The van der Waals surface area contributed by atoms with Crippen LogP contribution < -0.4 is 5.32 Å². The summed E-state index contributed by atoms with van der Waals surface area (Å²) in [7, 11) is 0. The molecule has 96 valence electrons. The van der Waals surface area contributed by atoms with E-state index in [-0.39, 0.29) is 0 Å². The third-order valence-electron chi connectivity index (χ3n) is 3.45. The molecule has 1 aliphatic rings. The zero-order chi connectivity index (χ0) is 12.6. The SMILES string of the molecule is C#CCCCNC1CCN(Cc2ccccc2)C1. The summed E-state index contributed by atoms with van der Waals surface area (Å²) in [5.41, 5.74) is 1.41. The number of nitrogens with zero attached hydrogens (tertiary/aromatic N) is 1. The van der Waals surface area contributed by atoms with E-state index >= 15 is 0 Å². The van der Waals surface area contributed by atoms with Gasteiger partial charge >= 0.3 is 0 Å². The van der Waals surface area contributed by atoms with Crippen molar-refractivity contribution in [1.82, 2.24) is 10.2 Å². The highest BCUT2D eigenvalue weighted by Gasteiger charge is 2.21. The van der Waals surface area contributed by atoms with Gasteiger partial charge in [-0.25, -0.2) is 0 Å². The molecule has 2 rings (SSSR count). The number of hydrogen-bond acceptors (Lipinski definition) is 2. The van der Waals surface area contributed by atoms with E-state index in [1.807, 2.05) is 0 Å². The van der Waals surface area contributed by atoms with Crippen LogP contribution in [0.3, 0.4) is 0 Å². The number of terminal acetylenes is 1. The van der Waals surface area contributed by atoms with Crippen molar-refractivity contribution in [1.29, 1.82) is 0 Å². The molecule has 1 heterocycles. The lowest BCUT2D eigenvalue weighted by atomic mass is 10.2. The highest BCUT2D eigenvalue weighted by Crippen LogP contribution is 2.13. The summed E-state index contributed by atoms with van der Waals surface area (Å²) in [5, 5.41) is 3.59. The van der Waals surface area contributed by atoms with Gasteiger partial charge in [-0.3, -0.25) is 4.90 Å². The average Bonchev–Trinajstić information content (AvgIpc) is 2.84. The van der Waals surface area contributed by atoms with E-state index in [1.165, 1.54) is 18.5 Å². The van der Waals surface area contributed by atoms with Crippen LogP contribution in [-0.2, 0) is 6.54 Å². The van der Waals surface area contributed by atoms with Gasteiger partial charge in [0.25, 0.3) is 0 Å². The average molecular weight is 242 g/mol. The molecule has 1 unspecified atom stereocenters. The van der Waals surface area contributed by atoms with Crippen LogP contribution in [-0.4, -0.2) is 30.6 Å². The van der Waals surface area contributed by atoms with Crippen LogP contribution in [0.5, 0.6) is 0 Å². The number of likely N-dealkylation sites (tertiary alicyclic amines) is 1. The van der Waals surface area contributed by atoms with E-state index in [0.29, 0.717) is 6.04 Å². The Labute approximate surface area is 110 Å². The Kier molecular flexibility index (Phi) is 5.26. The van der Waals surface area contributed by atoms with Gasteiger partial charge in [-0.1, -0.05) is 30.3 Å². The van der Waals surface area contributed by atoms with Gasteiger partial charge in [-0.15, -0.1) is 12.3 Å². The van der Waals surface area contributed by atoms with Crippen molar-refractivity contribution in [3.8, 4) is 12.3 Å². The van der Waals surface area contributed by atoms with E-state index in [2.05, 4.69) is 46.5 Å². The summed E-state index contributed by atoms with van der Waals surface area (Å²) >= 11 is 0. The highest BCUT2D eigenvalue weighted by atomic mass is 15.2. The maximum absolute atomic E-state index is 5.24. The molecule has 0 aromatic heterocycles. The summed E-state index contributed by atoms with van der Waals surface area (Å²) in [6.45, 7) is 4.48. The van der Waals surface area contributed by atoms with Crippen LogP contribution >= 0.6 is 0 Å². The standard InChI is InChI=1S/C16H22N2/c1-2-3-7-11-17-16-10-12-18(14-16)13-15-8-5-4-6-9-15/h1,4-6,8-9,16-17H,3,7,10-14H2. The topological polar surface area (TPSA) is 15.3 Å². The Balaban J connectivity index is 1.67. The van der Waals surface area contributed by atoms with Gasteiger partial charge in [0.2, 0.25) is 0 Å². The lowest BCUT2D eigenvalue weighted by molar-refractivity contribution is 0.320. The van der Waals surface area contributed by atoms with Crippen molar-refractivity contribution in [3.05, 3.63) is 35.9 Å². The number of unbranched alkanes of at least 4 members (excludes halogenated alkanes) is 1. The number of hydrogen-bond donors (Lipinski definition) is 1. The zero-order valence-electron chi connectivity index (χ0n) is 10.9. The molecule has 1 saturated heterocycles. The normalized spacial score (nSPS) is 19.8. The second-order valence-electron chi connectivity index (χ2n) is 4.97.